The zero-order chi connectivity index (χ0) is 14.1. The number of rotatable bonds is 3. The monoisotopic (exact) mass is 274 g/mol. The molecule has 2 heterocycles. The number of nitrogens with zero attached hydrogens (tertiary/aromatic N) is 1. The first-order valence-electron chi connectivity index (χ1n) is 6.99. The van der Waals surface area contributed by atoms with Crippen LogP contribution in [0.15, 0.2) is 24.3 Å². The fourth-order valence-corrected chi connectivity index (χ4v) is 3.10. The highest BCUT2D eigenvalue weighted by Crippen LogP contribution is 2.37. The van der Waals surface area contributed by atoms with Gasteiger partial charge in [0, 0.05) is 18.7 Å². The number of carbonyl (C=O) groups excluding carboxylic acids is 1. The summed E-state index contributed by atoms with van der Waals surface area (Å²) in [6.45, 7) is 2.10. The Balaban J connectivity index is 1.80. The third kappa shape index (κ3) is 2.29. The molecule has 5 heteroatoms. The number of aliphatic carboxylic acids is 1. The van der Waals surface area contributed by atoms with E-state index in [-0.39, 0.29) is 12.5 Å². The van der Waals surface area contributed by atoms with Gasteiger partial charge in [0.2, 0.25) is 5.91 Å². The number of carboxylic acid groups (broad SMARTS) is 1. The van der Waals surface area contributed by atoms with E-state index < -0.39 is 11.9 Å². The van der Waals surface area contributed by atoms with Crippen LogP contribution in [0.3, 0.4) is 0 Å². The highest BCUT2D eigenvalue weighted by atomic mass is 16.4. The summed E-state index contributed by atoms with van der Waals surface area (Å²) in [6.07, 6.45) is 1.51. The van der Waals surface area contributed by atoms with Gasteiger partial charge in [0.15, 0.2) is 0 Å². The van der Waals surface area contributed by atoms with Crippen molar-refractivity contribution in [3.63, 3.8) is 0 Å². The summed E-state index contributed by atoms with van der Waals surface area (Å²) in [7, 11) is 0. The standard InChI is InChI=1S/C15H18N2O3/c18-14(7-10-5-6-16-8-10)17-9-12(15(19)20)11-3-1-2-4-13(11)17/h1-4,10,12,16H,5-9H2,(H,19,20). The Labute approximate surface area is 117 Å². The van der Waals surface area contributed by atoms with Gasteiger partial charge in [-0.3, -0.25) is 9.59 Å². The summed E-state index contributed by atoms with van der Waals surface area (Å²) in [6, 6.07) is 7.31. The molecular formula is C15H18N2O3. The average Bonchev–Trinajstić information content (AvgIpc) is 3.05. The molecule has 2 aliphatic heterocycles. The second kappa shape index (κ2) is 5.25. The summed E-state index contributed by atoms with van der Waals surface area (Å²) in [5.74, 6) is -1.06. The van der Waals surface area contributed by atoms with E-state index in [1.54, 1.807) is 11.0 Å². The normalized spacial score (nSPS) is 24.7. The topological polar surface area (TPSA) is 69.6 Å². The van der Waals surface area contributed by atoms with Crippen LogP contribution < -0.4 is 10.2 Å². The van der Waals surface area contributed by atoms with E-state index in [4.69, 9.17) is 0 Å². The van der Waals surface area contributed by atoms with Crippen LogP contribution in [0.4, 0.5) is 5.69 Å². The zero-order valence-electron chi connectivity index (χ0n) is 11.2. The molecule has 1 amide bonds. The molecule has 20 heavy (non-hydrogen) atoms. The van der Waals surface area contributed by atoms with Gasteiger partial charge in [-0.15, -0.1) is 0 Å². The van der Waals surface area contributed by atoms with E-state index in [0.29, 0.717) is 12.3 Å². The van der Waals surface area contributed by atoms with Gasteiger partial charge in [-0.05, 0) is 37.1 Å². The number of benzene rings is 1. The van der Waals surface area contributed by atoms with Crippen LogP contribution in [0, 0.1) is 5.92 Å². The molecule has 0 saturated carbocycles. The molecule has 1 fully saturated rings. The third-order valence-electron chi connectivity index (χ3n) is 4.19. The molecule has 2 aliphatic rings. The first-order valence-corrected chi connectivity index (χ1v) is 6.99. The first-order chi connectivity index (χ1) is 9.66. The van der Waals surface area contributed by atoms with Gasteiger partial charge in [0.1, 0.15) is 5.92 Å². The van der Waals surface area contributed by atoms with Crippen molar-refractivity contribution in [1.29, 1.82) is 0 Å². The van der Waals surface area contributed by atoms with Crippen LogP contribution in [-0.4, -0.2) is 36.6 Å². The summed E-state index contributed by atoms with van der Waals surface area (Å²) >= 11 is 0. The smallest absolute Gasteiger partial charge is 0.312 e. The van der Waals surface area contributed by atoms with E-state index in [9.17, 15) is 14.7 Å². The van der Waals surface area contributed by atoms with E-state index in [1.807, 2.05) is 18.2 Å². The van der Waals surface area contributed by atoms with Crippen LogP contribution in [-0.2, 0) is 9.59 Å². The lowest BCUT2D eigenvalue weighted by molar-refractivity contribution is -0.138. The SMILES string of the molecule is O=C(O)C1CN(C(=O)CC2CCNC2)c2ccccc21. The van der Waals surface area contributed by atoms with Crippen LogP contribution in [0.1, 0.15) is 24.3 Å². The Morgan fingerprint density at radius 1 is 1.35 bits per heavy atom. The molecule has 1 aromatic carbocycles. The lowest BCUT2D eigenvalue weighted by atomic mass is 10.0. The van der Waals surface area contributed by atoms with Gasteiger partial charge in [0.05, 0.1) is 0 Å². The second-order valence-corrected chi connectivity index (χ2v) is 5.52. The molecule has 5 nitrogen and oxygen atoms in total. The Morgan fingerprint density at radius 2 is 2.15 bits per heavy atom. The molecule has 0 bridgehead atoms. The van der Waals surface area contributed by atoms with Crippen molar-refractivity contribution in [3.05, 3.63) is 29.8 Å². The van der Waals surface area contributed by atoms with E-state index in [2.05, 4.69) is 5.32 Å². The highest BCUT2D eigenvalue weighted by molar-refractivity contribution is 5.99. The van der Waals surface area contributed by atoms with E-state index in [1.165, 1.54) is 0 Å². The number of carbonyl (C=O) groups is 2. The van der Waals surface area contributed by atoms with Crippen molar-refractivity contribution in [2.24, 2.45) is 5.92 Å². The van der Waals surface area contributed by atoms with E-state index in [0.717, 1.165) is 30.8 Å². The average molecular weight is 274 g/mol. The first kappa shape index (κ1) is 13.1. The van der Waals surface area contributed by atoms with Crippen molar-refractivity contribution in [2.75, 3.05) is 24.5 Å². The lowest BCUT2D eigenvalue weighted by Gasteiger charge is -2.19. The molecule has 2 unspecified atom stereocenters. The quantitative estimate of drug-likeness (QED) is 0.869. The summed E-state index contributed by atoms with van der Waals surface area (Å²) < 4.78 is 0. The van der Waals surface area contributed by atoms with Crippen molar-refractivity contribution in [3.8, 4) is 0 Å². The molecule has 3 rings (SSSR count). The fraction of sp³-hybridized carbons (Fsp3) is 0.467. The number of hydrogen-bond acceptors (Lipinski definition) is 3. The molecular weight excluding hydrogens is 256 g/mol. The van der Waals surface area contributed by atoms with Crippen LogP contribution in [0.25, 0.3) is 0 Å². The summed E-state index contributed by atoms with van der Waals surface area (Å²) in [5, 5.41) is 12.5. The molecule has 0 aliphatic carbocycles. The Morgan fingerprint density at radius 3 is 2.85 bits per heavy atom. The summed E-state index contributed by atoms with van der Waals surface area (Å²) in [5.41, 5.74) is 1.51. The maximum Gasteiger partial charge on any atom is 0.312 e. The largest absolute Gasteiger partial charge is 0.481 e. The number of anilines is 1. The lowest BCUT2D eigenvalue weighted by Crippen LogP contribution is -2.32. The highest BCUT2D eigenvalue weighted by Gasteiger charge is 2.36. The van der Waals surface area contributed by atoms with Crippen LogP contribution >= 0.6 is 0 Å². The molecule has 2 atom stereocenters. The van der Waals surface area contributed by atoms with Crippen molar-refractivity contribution in [1.82, 2.24) is 5.32 Å². The second-order valence-electron chi connectivity index (χ2n) is 5.52. The van der Waals surface area contributed by atoms with Gasteiger partial charge in [-0.1, -0.05) is 18.2 Å². The molecule has 2 N–H and O–H groups in total. The Hall–Kier alpha value is -1.88. The number of hydrogen-bond donors (Lipinski definition) is 2. The minimum atomic E-state index is -0.865. The number of nitrogens with one attached hydrogen (secondary N) is 1. The predicted molar refractivity (Wildman–Crippen MR) is 74.8 cm³/mol. The van der Waals surface area contributed by atoms with Crippen LogP contribution in [0.5, 0.6) is 0 Å². The summed E-state index contributed by atoms with van der Waals surface area (Å²) in [4.78, 5) is 25.4. The Bertz CT molecular complexity index is 538. The molecule has 0 radical (unpaired) electrons. The molecule has 0 aromatic heterocycles. The van der Waals surface area contributed by atoms with Crippen molar-refractivity contribution in [2.45, 2.75) is 18.8 Å². The van der Waals surface area contributed by atoms with Crippen molar-refractivity contribution >= 4 is 17.6 Å². The number of fused-ring (bicyclic) bond motifs is 1. The van der Waals surface area contributed by atoms with Crippen LogP contribution in [0.2, 0.25) is 0 Å². The van der Waals surface area contributed by atoms with Gasteiger partial charge >= 0.3 is 5.97 Å². The minimum Gasteiger partial charge on any atom is -0.481 e. The van der Waals surface area contributed by atoms with Gasteiger partial charge < -0.3 is 15.3 Å². The Kier molecular flexibility index (Phi) is 3.44. The molecule has 106 valence electrons. The van der Waals surface area contributed by atoms with Gasteiger partial charge in [-0.2, -0.15) is 0 Å². The van der Waals surface area contributed by atoms with E-state index >= 15 is 0 Å². The maximum absolute atomic E-state index is 12.4. The zero-order valence-corrected chi connectivity index (χ0v) is 11.2. The number of para-hydroxylation sites is 1. The fourth-order valence-electron chi connectivity index (χ4n) is 3.10. The molecule has 1 aromatic rings. The van der Waals surface area contributed by atoms with Gasteiger partial charge in [-0.25, -0.2) is 0 Å². The third-order valence-corrected chi connectivity index (χ3v) is 4.19. The number of carboxylic acids is 1. The van der Waals surface area contributed by atoms with Gasteiger partial charge in [0.25, 0.3) is 0 Å². The molecule has 1 saturated heterocycles. The molecule has 0 spiro atoms. The number of amides is 1. The predicted octanol–water partition coefficient (Wildman–Crippen LogP) is 1.20. The van der Waals surface area contributed by atoms with Crippen molar-refractivity contribution < 1.29 is 14.7 Å². The minimum absolute atomic E-state index is 0.0369. The maximum atomic E-state index is 12.4.